The summed E-state index contributed by atoms with van der Waals surface area (Å²) in [5.41, 5.74) is 7.52. The molecule has 0 atom stereocenters. The molecule has 0 unspecified atom stereocenters. The molecule has 0 fully saturated rings. The smallest absolute Gasteiger partial charge is 1.00 e. The normalized spacial score (nSPS) is 13.4. The van der Waals surface area contributed by atoms with E-state index in [1.54, 1.807) is 14.4 Å². The third-order valence-corrected chi connectivity index (χ3v) is 22.3. The van der Waals surface area contributed by atoms with E-state index in [1.807, 2.05) is 3.28 Å². The summed E-state index contributed by atoms with van der Waals surface area (Å²) in [6.07, 6.45) is 7.13. The van der Waals surface area contributed by atoms with Crippen molar-refractivity contribution in [1.29, 1.82) is 0 Å². The molecule has 0 saturated carbocycles. The molecule has 2 aromatic rings. The fourth-order valence-corrected chi connectivity index (χ4v) is 21.5. The van der Waals surface area contributed by atoms with Crippen molar-refractivity contribution in [2.45, 2.75) is 32.9 Å². The van der Waals surface area contributed by atoms with Gasteiger partial charge in [0.2, 0.25) is 0 Å². The van der Waals surface area contributed by atoms with Crippen LogP contribution in [0.15, 0.2) is 63.5 Å². The van der Waals surface area contributed by atoms with E-state index in [2.05, 4.69) is 74.6 Å². The topological polar surface area (TPSA) is 0 Å². The minimum atomic E-state index is -1.73. The molecule has 4 heteroatoms. The molecule has 0 spiro atoms. The van der Waals surface area contributed by atoms with E-state index in [1.165, 1.54) is 23.1 Å². The van der Waals surface area contributed by atoms with Crippen LogP contribution in [0.5, 0.6) is 0 Å². The standard InChI is InChI=1S/C13H9.C6H7.C2H6Si.2ClH.Zr/c1-3-7-12-10(5-1)9-11-6-2-4-8-13(11)12;1-6-4-2-3-5-6;1-3-2;;;/h1-5,7-8H,9H2;2,4H,3H2,1H3;1-2H3;2*1H;/q;;;;;+2/p-2. The molecule has 0 aromatic heterocycles. The Labute approximate surface area is 171 Å². The van der Waals surface area contributed by atoms with Gasteiger partial charge in [-0.1, -0.05) is 0 Å². The molecule has 0 bridgehead atoms. The maximum Gasteiger partial charge on any atom is -1.00 e. The number of rotatable bonds is 2. The van der Waals surface area contributed by atoms with E-state index in [9.17, 15) is 0 Å². The van der Waals surface area contributed by atoms with Crippen LogP contribution in [-0.4, -0.2) is 5.43 Å². The SMILES string of the molecule is CC1=[C]([Zr+2]([c]2cccc3c2Cc2ccccc2-3)=[Si](C)C)CC=C1.[Cl-].[Cl-]. The van der Waals surface area contributed by atoms with E-state index in [0.717, 1.165) is 6.42 Å². The van der Waals surface area contributed by atoms with Crippen LogP contribution in [0.2, 0.25) is 13.1 Å². The number of hydrogen-bond acceptors (Lipinski definition) is 0. The molecule has 0 N–H and O–H groups in total. The van der Waals surface area contributed by atoms with Crippen LogP contribution < -0.4 is 28.1 Å². The first-order valence-electron chi connectivity index (χ1n) is 8.41. The van der Waals surface area contributed by atoms with Crippen LogP contribution in [0.25, 0.3) is 11.1 Å². The molecule has 0 aliphatic heterocycles. The minimum absolute atomic E-state index is 0. The Morgan fingerprint density at radius 1 is 0.920 bits per heavy atom. The van der Waals surface area contributed by atoms with Crippen LogP contribution >= 0.6 is 0 Å². The molecule has 0 nitrogen and oxygen atoms in total. The molecule has 0 saturated heterocycles. The molecule has 4 rings (SSSR count). The fraction of sp³-hybridized carbons (Fsp3) is 0.238. The summed E-state index contributed by atoms with van der Waals surface area (Å²) in [7, 11) is 0. The van der Waals surface area contributed by atoms with Gasteiger partial charge in [-0.3, -0.25) is 0 Å². The van der Waals surface area contributed by atoms with E-state index in [4.69, 9.17) is 0 Å². The average molecular weight is 465 g/mol. The van der Waals surface area contributed by atoms with Crippen molar-refractivity contribution in [3.63, 3.8) is 0 Å². The quantitative estimate of drug-likeness (QED) is 0.427. The monoisotopic (exact) mass is 462 g/mol. The second kappa shape index (κ2) is 8.53. The summed E-state index contributed by atoms with van der Waals surface area (Å²) in [5, 5.41) is 0. The van der Waals surface area contributed by atoms with E-state index >= 15 is 0 Å². The molecule has 2 aromatic carbocycles. The van der Waals surface area contributed by atoms with Crippen molar-refractivity contribution in [3.8, 4) is 11.1 Å². The van der Waals surface area contributed by atoms with Crippen LogP contribution in [0.4, 0.5) is 0 Å². The maximum atomic E-state index is 2.56. The zero-order valence-corrected chi connectivity index (χ0v) is 19.8. The third kappa shape index (κ3) is 3.69. The molecule has 0 heterocycles. The first kappa shape index (κ1) is 20.9. The molecular formula is C21H22Cl2SiZr. The first-order valence-corrected chi connectivity index (χ1v) is 17.1. The Balaban J connectivity index is 0.00000113. The van der Waals surface area contributed by atoms with Crippen LogP contribution in [0.1, 0.15) is 24.5 Å². The van der Waals surface area contributed by atoms with Crippen molar-refractivity contribution in [2.24, 2.45) is 0 Å². The number of halogens is 2. The second-order valence-electron chi connectivity index (χ2n) is 6.81. The van der Waals surface area contributed by atoms with Crippen molar-refractivity contribution in [3.05, 3.63) is 74.6 Å². The summed E-state index contributed by atoms with van der Waals surface area (Å²) in [4.78, 5) is 0. The molecule has 0 radical (unpaired) electrons. The second-order valence-corrected chi connectivity index (χ2v) is 23.8. The zero-order valence-electron chi connectivity index (χ0n) is 14.9. The molecule has 2 aliphatic carbocycles. The predicted molar refractivity (Wildman–Crippen MR) is 98.3 cm³/mol. The van der Waals surface area contributed by atoms with Gasteiger partial charge in [0.1, 0.15) is 0 Å². The Morgan fingerprint density at radius 3 is 2.32 bits per heavy atom. The van der Waals surface area contributed by atoms with Crippen molar-refractivity contribution in [1.82, 2.24) is 0 Å². The van der Waals surface area contributed by atoms with Gasteiger partial charge < -0.3 is 24.8 Å². The Bertz CT molecular complexity index is 906. The van der Waals surface area contributed by atoms with Gasteiger partial charge in [-0.25, -0.2) is 0 Å². The van der Waals surface area contributed by atoms with E-state index < -0.39 is 20.4 Å². The molecule has 2 aliphatic rings. The van der Waals surface area contributed by atoms with E-state index in [-0.39, 0.29) is 30.2 Å². The average Bonchev–Trinajstić information content (AvgIpc) is 3.12. The van der Waals surface area contributed by atoms with Gasteiger partial charge in [0.05, 0.1) is 0 Å². The van der Waals surface area contributed by atoms with Gasteiger partial charge in [0.25, 0.3) is 0 Å². The minimum Gasteiger partial charge on any atom is -1.00 e. The summed E-state index contributed by atoms with van der Waals surface area (Å²) < 4.78 is 3.65. The van der Waals surface area contributed by atoms with Crippen LogP contribution in [0, 0.1) is 0 Å². The molecule has 128 valence electrons. The Hall–Kier alpha value is -0.400. The number of fused-ring (bicyclic) bond motifs is 3. The van der Waals surface area contributed by atoms with Gasteiger partial charge in [-0.15, -0.1) is 0 Å². The third-order valence-electron chi connectivity index (χ3n) is 5.09. The van der Waals surface area contributed by atoms with Crippen LogP contribution in [0.3, 0.4) is 0 Å². The fourth-order valence-electron chi connectivity index (χ4n) is 4.04. The van der Waals surface area contributed by atoms with Gasteiger partial charge >= 0.3 is 148 Å². The number of benzene rings is 2. The first-order chi connectivity index (χ1) is 11.2. The van der Waals surface area contributed by atoms with Gasteiger partial charge in [0, 0.05) is 0 Å². The Morgan fingerprint density at radius 2 is 1.64 bits per heavy atom. The Kier molecular flexibility index (Phi) is 7.13. The molecule has 0 amide bonds. The van der Waals surface area contributed by atoms with Gasteiger partial charge in [0.15, 0.2) is 0 Å². The summed E-state index contributed by atoms with van der Waals surface area (Å²) in [6.45, 7) is 7.45. The summed E-state index contributed by atoms with van der Waals surface area (Å²) in [5.74, 6) is 0. The maximum absolute atomic E-state index is 2.56. The van der Waals surface area contributed by atoms with Crippen molar-refractivity contribution < 1.29 is 45.2 Å². The predicted octanol–water partition coefficient (Wildman–Crippen LogP) is -1.01. The zero-order chi connectivity index (χ0) is 16.0. The van der Waals surface area contributed by atoms with Crippen LogP contribution in [-0.2, 0) is 26.8 Å². The molecule has 25 heavy (non-hydrogen) atoms. The number of hydrogen-bond donors (Lipinski definition) is 0. The largest absolute Gasteiger partial charge is 1.00 e. The van der Waals surface area contributed by atoms with Gasteiger partial charge in [-0.2, -0.15) is 0 Å². The van der Waals surface area contributed by atoms with Crippen molar-refractivity contribution >= 4 is 8.70 Å². The summed E-state index contributed by atoms with van der Waals surface area (Å²) >= 11 is -1.73. The molecular weight excluding hydrogens is 442 g/mol. The van der Waals surface area contributed by atoms with E-state index in [0.29, 0.717) is 0 Å². The number of allylic oxidation sites excluding steroid dienone is 4. The van der Waals surface area contributed by atoms with Gasteiger partial charge in [-0.05, 0) is 0 Å². The van der Waals surface area contributed by atoms with Crippen molar-refractivity contribution in [2.75, 3.05) is 0 Å². The summed E-state index contributed by atoms with van der Waals surface area (Å²) in [6, 6.07) is 16.1.